The molecule has 0 radical (unpaired) electrons. The van der Waals surface area contributed by atoms with Crippen LogP contribution in [-0.4, -0.2) is 54.9 Å². The van der Waals surface area contributed by atoms with Crippen molar-refractivity contribution in [2.24, 2.45) is 4.99 Å². The van der Waals surface area contributed by atoms with Crippen molar-refractivity contribution in [3.63, 3.8) is 0 Å². The molecule has 0 aliphatic carbocycles. The minimum Gasteiger partial charge on any atom is -0.860 e. The van der Waals surface area contributed by atoms with Crippen LogP contribution in [-0.2, 0) is 0 Å². The maximum absolute atomic E-state index is 11.6. The van der Waals surface area contributed by atoms with Crippen molar-refractivity contribution in [1.29, 1.82) is 0 Å². The van der Waals surface area contributed by atoms with E-state index in [4.69, 9.17) is 0 Å². The molecule has 1 aliphatic rings. The normalized spacial score (nSPS) is 17.4. The molecule has 0 aromatic carbocycles. The van der Waals surface area contributed by atoms with Gasteiger partial charge in [-0.25, -0.2) is 4.79 Å². The topological polar surface area (TPSA) is 118 Å². The molecular formula is C12H19N5O3. The molecule has 0 amide bonds. The Morgan fingerprint density at radius 1 is 1.30 bits per heavy atom. The Bertz CT molecular complexity index is 598. The molecule has 1 fully saturated rings. The summed E-state index contributed by atoms with van der Waals surface area (Å²) in [5.74, 6) is -0.686. The first-order chi connectivity index (χ1) is 9.58. The van der Waals surface area contributed by atoms with Gasteiger partial charge in [0.1, 0.15) is 0 Å². The third-order valence-electron chi connectivity index (χ3n) is 3.40. The van der Waals surface area contributed by atoms with Crippen molar-refractivity contribution >= 4 is 5.71 Å². The van der Waals surface area contributed by atoms with Gasteiger partial charge in [0.25, 0.3) is 5.56 Å². The highest BCUT2D eigenvalue weighted by molar-refractivity contribution is 6.00. The second kappa shape index (κ2) is 6.49. The van der Waals surface area contributed by atoms with Crippen LogP contribution in [0, 0.1) is 0 Å². The quantitative estimate of drug-likeness (QED) is 0.427. The van der Waals surface area contributed by atoms with Crippen molar-refractivity contribution in [2.45, 2.75) is 6.92 Å². The molecule has 1 aromatic rings. The van der Waals surface area contributed by atoms with Crippen LogP contribution in [0.15, 0.2) is 14.6 Å². The lowest BCUT2D eigenvalue weighted by atomic mass is 10.2. The van der Waals surface area contributed by atoms with Gasteiger partial charge in [-0.3, -0.25) is 14.8 Å². The van der Waals surface area contributed by atoms with E-state index in [0.29, 0.717) is 12.3 Å². The van der Waals surface area contributed by atoms with Crippen molar-refractivity contribution < 1.29 is 10.0 Å². The Morgan fingerprint density at radius 3 is 2.65 bits per heavy atom. The summed E-state index contributed by atoms with van der Waals surface area (Å²) < 4.78 is 0. The van der Waals surface area contributed by atoms with Crippen LogP contribution in [0.5, 0.6) is 5.88 Å². The minimum atomic E-state index is -0.790. The van der Waals surface area contributed by atoms with Crippen LogP contribution in [0.4, 0.5) is 0 Å². The van der Waals surface area contributed by atoms with Crippen molar-refractivity contribution in [3.8, 4) is 5.88 Å². The molecule has 2 rings (SSSR count). The first-order valence-electron chi connectivity index (χ1n) is 6.67. The number of hydrogen-bond donors (Lipinski definition) is 4. The molecule has 0 bridgehead atoms. The van der Waals surface area contributed by atoms with Crippen LogP contribution in [0.25, 0.3) is 0 Å². The lowest BCUT2D eigenvalue weighted by Crippen LogP contribution is -3.15. The van der Waals surface area contributed by atoms with E-state index in [-0.39, 0.29) is 5.56 Å². The summed E-state index contributed by atoms with van der Waals surface area (Å²) in [5.41, 5.74) is -1.20. The average Bonchev–Trinajstić information content (AvgIpc) is 2.38. The number of aromatic nitrogens is 2. The summed E-state index contributed by atoms with van der Waals surface area (Å²) in [6.07, 6.45) is 0. The third kappa shape index (κ3) is 3.55. The number of H-pyrrole nitrogens is 2. The number of rotatable bonds is 4. The number of piperazine rings is 1. The predicted octanol–water partition coefficient (Wildman–Crippen LogP) is -3.57. The van der Waals surface area contributed by atoms with E-state index in [1.54, 1.807) is 6.92 Å². The zero-order valence-corrected chi connectivity index (χ0v) is 11.4. The van der Waals surface area contributed by atoms with Gasteiger partial charge in [0.15, 0.2) is 0 Å². The van der Waals surface area contributed by atoms with Gasteiger partial charge in [0.05, 0.1) is 31.7 Å². The number of nitrogens with zero attached hydrogens (tertiary/aromatic N) is 1. The van der Waals surface area contributed by atoms with Gasteiger partial charge in [-0.15, -0.1) is 0 Å². The first-order valence-corrected chi connectivity index (χ1v) is 6.67. The predicted molar refractivity (Wildman–Crippen MR) is 72.6 cm³/mol. The molecule has 110 valence electrons. The molecule has 0 atom stereocenters. The minimum absolute atomic E-state index is 0.0834. The molecule has 20 heavy (non-hydrogen) atoms. The van der Waals surface area contributed by atoms with Crippen LogP contribution < -0.4 is 26.6 Å². The van der Waals surface area contributed by atoms with Crippen LogP contribution in [0.2, 0.25) is 0 Å². The summed E-state index contributed by atoms with van der Waals surface area (Å²) in [5, 5.41) is 14.9. The van der Waals surface area contributed by atoms with Gasteiger partial charge in [0.2, 0.25) is 0 Å². The summed E-state index contributed by atoms with van der Waals surface area (Å²) in [7, 11) is 0. The van der Waals surface area contributed by atoms with Crippen molar-refractivity contribution in [2.75, 3.05) is 39.3 Å². The Morgan fingerprint density at radius 2 is 2.00 bits per heavy atom. The summed E-state index contributed by atoms with van der Waals surface area (Å²) in [4.78, 5) is 32.4. The smallest absolute Gasteiger partial charge is 0.325 e. The van der Waals surface area contributed by atoms with Gasteiger partial charge < -0.3 is 20.3 Å². The van der Waals surface area contributed by atoms with Gasteiger partial charge in [-0.1, -0.05) is 0 Å². The SMILES string of the molecule is CC(=NCC[NH+]1CCNCC1)c1c([O-])[nH]c(=O)[nH]c1=O. The Labute approximate surface area is 115 Å². The lowest BCUT2D eigenvalue weighted by molar-refractivity contribution is -0.900. The number of quaternary nitrogens is 1. The first kappa shape index (κ1) is 14.5. The molecule has 4 N–H and O–H groups in total. The van der Waals surface area contributed by atoms with Crippen LogP contribution >= 0.6 is 0 Å². The van der Waals surface area contributed by atoms with Gasteiger partial charge in [-0.2, -0.15) is 0 Å². The van der Waals surface area contributed by atoms with E-state index in [0.717, 1.165) is 32.7 Å². The Balaban J connectivity index is 2.03. The molecule has 0 saturated carbocycles. The average molecular weight is 281 g/mol. The second-order valence-corrected chi connectivity index (χ2v) is 4.83. The van der Waals surface area contributed by atoms with E-state index in [1.807, 2.05) is 9.97 Å². The summed E-state index contributed by atoms with van der Waals surface area (Å²) in [6.45, 7) is 7.15. The number of aliphatic imine (C=N–C) groups is 1. The second-order valence-electron chi connectivity index (χ2n) is 4.83. The molecule has 2 heterocycles. The van der Waals surface area contributed by atoms with Gasteiger partial charge in [-0.05, 0) is 12.8 Å². The van der Waals surface area contributed by atoms with E-state index < -0.39 is 17.1 Å². The lowest BCUT2D eigenvalue weighted by Gasteiger charge is -2.23. The fourth-order valence-electron chi connectivity index (χ4n) is 2.29. The molecule has 8 nitrogen and oxygen atoms in total. The zero-order chi connectivity index (χ0) is 14.5. The fourth-order valence-corrected chi connectivity index (χ4v) is 2.29. The largest absolute Gasteiger partial charge is 0.860 e. The zero-order valence-electron chi connectivity index (χ0n) is 11.4. The van der Waals surface area contributed by atoms with Crippen LogP contribution in [0.1, 0.15) is 12.5 Å². The highest BCUT2D eigenvalue weighted by Crippen LogP contribution is 2.02. The Kier molecular flexibility index (Phi) is 4.70. The monoisotopic (exact) mass is 281 g/mol. The molecule has 1 aromatic heterocycles. The maximum Gasteiger partial charge on any atom is 0.325 e. The molecule has 1 saturated heterocycles. The fraction of sp³-hybridized carbons (Fsp3) is 0.583. The van der Waals surface area contributed by atoms with Gasteiger partial charge in [0, 0.05) is 18.8 Å². The molecular weight excluding hydrogens is 262 g/mol. The van der Waals surface area contributed by atoms with E-state index in [1.165, 1.54) is 4.90 Å². The molecule has 0 spiro atoms. The summed E-state index contributed by atoms with van der Waals surface area (Å²) in [6, 6.07) is 0. The number of aromatic amines is 2. The van der Waals surface area contributed by atoms with Gasteiger partial charge >= 0.3 is 5.69 Å². The van der Waals surface area contributed by atoms with E-state index in [9.17, 15) is 14.7 Å². The van der Waals surface area contributed by atoms with Crippen molar-refractivity contribution in [1.82, 2.24) is 15.3 Å². The number of nitrogens with one attached hydrogen (secondary N) is 4. The highest BCUT2D eigenvalue weighted by atomic mass is 16.3. The molecule has 8 heteroatoms. The van der Waals surface area contributed by atoms with E-state index >= 15 is 0 Å². The summed E-state index contributed by atoms with van der Waals surface area (Å²) >= 11 is 0. The van der Waals surface area contributed by atoms with E-state index in [2.05, 4.69) is 10.3 Å². The standard InChI is InChI=1S/C12H19N5O3/c1-8(9-10(18)15-12(20)16-11(9)19)14-4-7-17-5-2-13-3-6-17/h13H,2-7H2,1H3,(H3,15,16,18,19,20). The molecule has 1 aliphatic heterocycles. The van der Waals surface area contributed by atoms with Crippen molar-refractivity contribution in [3.05, 3.63) is 26.4 Å². The maximum atomic E-state index is 11.6. The highest BCUT2D eigenvalue weighted by Gasteiger charge is 2.12. The van der Waals surface area contributed by atoms with Crippen LogP contribution in [0.3, 0.4) is 0 Å². The number of hydrogen-bond acceptors (Lipinski definition) is 5. The molecule has 0 unspecified atom stereocenters. The third-order valence-corrected chi connectivity index (χ3v) is 3.40. The Hall–Kier alpha value is -1.93.